The SMILES string of the molecule is CCNc1nc(C)cc(-c2ccc(OC)c(F)c2)n1. The number of ether oxygens (including phenoxy) is 1. The first-order chi connectivity index (χ1) is 9.13. The van der Waals surface area contributed by atoms with Gasteiger partial charge in [-0.25, -0.2) is 14.4 Å². The number of hydrogen-bond acceptors (Lipinski definition) is 4. The van der Waals surface area contributed by atoms with E-state index in [1.165, 1.54) is 13.2 Å². The van der Waals surface area contributed by atoms with Gasteiger partial charge in [0.15, 0.2) is 11.6 Å². The number of nitrogens with zero attached hydrogens (tertiary/aromatic N) is 2. The minimum Gasteiger partial charge on any atom is -0.494 e. The third-order valence-electron chi connectivity index (χ3n) is 2.64. The monoisotopic (exact) mass is 261 g/mol. The first-order valence-corrected chi connectivity index (χ1v) is 6.07. The van der Waals surface area contributed by atoms with Crippen LogP contribution in [0.2, 0.25) is 0 Å². The number of rotatable bonds is 4. The molecular weight excluding hydrogens is 245 g/mol. The van der Waals surface area contributed by atoms with Crippen molar-refractivity contribution in [1.29, 1.82) is 0 Å². The third-order valence-corrected chi connectivity index (χ3v) is 2.64. The lowest BCUT2D eigenvalue weighted by atomic mass is 10.1. The summed E-state index contributed by atoms with van der Waals surface area (Å²) in [5.41, 5.74) is 2.21. The summed E-state index contributed by atoms with van der Waals surface area (Å²) in [7, 11) is 1.44. The second kappa shape index (κ2) is 5.65. The van der Waals surface area contributed by atoms with E-state index in [9.17, 15) is 4.39 Å². The van der Waals surface area contributed by atoms with E-state index in [1.807, 2.05) is 19.9 Å². The van der Waals surface area contributed by atoms with Crippen LogP contribution in [0.5, 0.6) is 5.75 Å². The van der Waals surface area contributed by atoms with Crippen LogP contribution >= 0.6 is 0 Å². The summed E-state index contributed by atoms with van der Waals surface area (Å²) < 4.78 is 18.6. The van der Waals surface area contributed by atoms with Crippen molar-refractivity contribution >= 4 is 5.95 Å². The predicted octanol–water partition coefficient (Wildman–Crippen LogP) is 3.03. The first-order valence-electron chi connectivity index (χ1n) is 6.07. The molecule has 0 radical (unpaired) electrons. The molecule has 0 atom stereocenters. The summed E-state index contributed by atoms with van der Waals surface area (Å²) >= 11 is 0. The summed E-state index contributed by atoms with van der Waals surface area (Å²) in [5.74, 6) is 0.372. The van der Waals surface area contributed by atoms with E-state index in [1.54, 1.807) is 12.1 Å². The van der Waals surface area contributed by atoms with E-state index in [2.05, 4.69) is 15.3 Å². The zero-order chi connectivity index (χ0) is 13.8. The Morgan fingerprint density at radius 1 is 1.26 bits per heavy atom. The van der Waals surface area contributed by atoms with Crippen molar-refractivity contribution in [3.05, 3.63) is 35.8 Å². The van der Waals surface area contributed by atoms with E-state index in [4.69, 9.17) is 4.74 Å². The average Bonchev–Trinajstić information content (AvgIpc) is 2.38. The largest absolute Gasteiger partial charge is 0.494 e. The molecule has 0 unspecified atom stereocenters. The molecule has 0 saturated carbocycles. The third kappa shape index (κ3) is 2.99. The quantitative estimate of drug-likeness (QED) is 0.919. The Balaban J connectivity index is 2.43. The Bertz CT molecular complexity index is 587. The van der Waals surface area contributed by atoms with Crippen LogP contribution in [0, 0.1) is 12.7 Å². The second-order valence-corrected chi connectivity index (χ2v) is 4.10. The number of aromatic nitrogens is 2. The topological polar surface area (TPSA) is 47.0 Å². The molecule has 0 aliphatic heterocycles. The average molecular weight is 261 g/mol. The minimum absolute atomic E-state index is 0.224. The molecule has 5 heteroatoms. The second-order valence-electron chi connectivity index (χ2n) is 4.10. The number of nitrogens with one attached hydrogen (secondary N) is 1. The number of methoxy groups -OCH3 is 1. The Morgan fingerprint density at radius 3 is 2.68 bits per heavy atom. The molecule has 0 bridgehead atoms. The van der Waals surface area contributed by atoms with Gasteiger partial charge in [0.05, 0.1) is 12.8 Å². The maximum absolute atomic E-state index is 13.7. The highest BCUT2D eigenvalue weighted by atomic mass is 19.1. The van der Waals surface area contributed by atoms with Gasteiger partial charge in [0, 0.05) is 17.8 Å². The van der Waals surface area contributed by atoms with Gasteiger partial charge in [-0.2, -0.15) is 0 Å². The molecule has 0 aliphatic carbocycles. The van der Waals surface area contributed by atoms with Crippen LogP contribution in [0.15, 0.2) is 24.3 Å². The van der Waals surface area contributed by atoms with E-state index in [0.29, 0.717) is 17.2 Å². The van der Waals surface area contributed by atoms with Crippen molar-refractivity contribution in [2.75, 3.05) is 19.0 Å². The Kier molecular flexibility index (Phi) is 3.94. The standard InChI is InChI=1S/C14H16FN3O/c1-4-16-14-17-9(2)7-12(18-14)10-5-6-13(19-3)11(15)8-10/h5-8H,4H2,1-3H3,(H,16,17,18). The lowest BCUT2D eigenvalue weighted by molar-refractivity contribution is 0.386. The van der Waals surface area contributed by atoms with Crippen molar-refractivity contribution in [2.24, 2.45) is 0 Å². The van der Waals surface area contributed by atoms with Crippen LogP contribution in [-0.2, 0) is 0 Å². The number of halogens is 1. The van der Waals surface area contributed by atoms with Gasteiger partial charge >= 0.3 is 0 Å². The van der Waals surface area contributed by atoms with Crippen molar-refractivity contribution in [1.82, 2.24) is 9.97 Å². The molecule has 0 aliphatic rings. The lowest BCUT2D eigenvalue weighted by Crippen LogP contribution is -2.04. The zero-order valence-electron chi connectivity index (χ0n) is 11.2. The van der Waals surface area contributed by atoms with Crippen molar-refractivity contribution < 1.29 is 9.13 Å². The van der Waals surface area contributed by atoms with Crippen LogP contribution in [0.4, 0.5) is 10.3 Å². The molecule has 19 heavy (non-hydrogen) atoms. The molecule has 0 fully saturated rings. The Labute approximate surface area is 111 Å². The molecule has 0 saturated heterocycles. The van der Waals surface area contributed by atoms with Crippen molar-refractivity contribution in [3.8, 4) is 17.0 Å². The summed E-state index contributed by atoms with van der Waals surface area (Å²) in [4.78, 5) is 8.63. The molecule has 1 N–H and O–H groups in total. The molecule has 2 rings (SSSR count). The molecular formula is C14H16FN3O. The molecule has 4 nitrogen and oxygen atoms in total. The van der Waals surface area contributed by atoms with Crippen LogP contribution in [0.25, 0.3) is 11.3 Å². The Hall–Kier alpha value is -2.17. The van der Waals surface area contributed by atoms with Gasteiger partial charge in [-0.1, -0.05) is 0 Å². The number of anilines is 1. The zero-order valence-corrected chi connectivity index (χ0v) is 11.2. The van der Waals surface area contributed by atoms with E-state index >= 15 is 0 Å². The molecule has 1 heterocycles. The summed E-state index contributed by atoms with van der Waals surface area (Å²) in [6.45, 7) is 4.59. The van der Waals surface area contributed by atoms with Gasteiger partial charge in [0.25, 0.3) is 0 Å². The van der Waals surface area contributed by atoms with E-state index in [-0.39, 0.29) is 5.75 Å². The Morgan fingerprint density at radius 2 is 2.05 bits per heavy atom. The van der Waals surface area contributed by atoms with Crippen LogP contribution < -0.4 is 10.1 Å². The maximum atomic E-state index is 13.7. The normalized spacial score (nSPS) is 10.3. The van der Waals surface area contributed by atoms with Gasteiger partial charge in [0.1, 0.15) is 0 Å². The molecule has 0 amide bonds. The summed E-state index contributed by atoms with van der Waals surface area (Å²) in [5, 5.41) is 3.06. The summed E-state index contributed by atoms with van der Waals surface area (Å²) in [6, 6.07) is 6.60. The number of benzene rings is 1. The molecule has 2 aromatic rings. The van der Waals surface area contributed by atoms with Gasteiger partial charge in [-0.15, -0.1) is 0 Å². The highest BCUT2D eigenvalue weighted by Crippen LogP contribution is 2.25. The van der Waals surface area contributed by atoms with Crippen molar-refractivity contribution in [3.63, 3.8) is 0 Å². The van der Waals surface area contributed by atoms with Gasteiger partial charge in [-0.3, -0.25) is 0 Å². The van der Waals surface area contributed by atoms with Crippen LogP contribution in [-0.4, -0.2) is 23.6 Å². The van der Waals surface area contributed by atoms with Gasteiger partial charge in [-0.05, 0) is 38.1 Å². The van der Waals surface area contributed by atoms with Crippen molar-refractivity contribution in [2.45, 2.75) is 13.8 Å². The number of aryl methyl sites for hydroxylation is 1. The molecule has 100 valence electrons. The molecule has 1 aromatic carbocycles. The lowest BCUT2D eigenvalue weighted by Gasteiger charge is -2.08. The fourth-order valence-corrected chi connectivity index (χ4v) is 1.78. The molecule has 1 aromatic heterocycles. The fourth-order valence-electron chi connectivity index (χ4n) is 1.78. The predicted molar refractivity (Wildman–Crippen MR) is 72.9 cm³/mol. The highest BCUT2D eigenvalue weighted by Gasteiger charge is 2.08. The number of hydrogen-bond donors (Lipinski definition) is 1. The van der Waals surface area contributed by atoms with Crippen LogP contribution in [0.3, 0.4) is 0 Å². The van der Waals surface area contributed by atoms with Crippen LogP contribution in [0.1, 0.15) is 12.6 Å². The van der Waals surface area contributed by atoms with Gasteiger partial charge < -0.3 is 10.1 Å². The fraction of sp³-hybridized carbons (Fsp3) is 0.286. The highest BCUT2D eigenvalue weighted by molar-refractivity contribution is 5.62. The minimum atomic E-state index is -0.402. The van der Waals surface area contributed by atoms with E-state index in [0.717, 1.165) is 12.2 Å². The first kappa shape index (κ1) is 13.3. The maximum Gasteiger partial charge on any atom is 0.223 e. The summed E-state index contributed by atoms with van der Waals surface area (Å²) in [6.07, 6.45) is 0. The van der Waals surface area contributed by atoms with E-state index < -0.39 is 5.82 Å². The smallest absolute Gasteiger partial charge is 0.223 e. The molecule has 0 spiro atoms. The van der Waals surface area contributed by atoms with Gasteiger partial charge in [0.2, 0.25) is 5.95 Å².